The zero-order chi connectivity index (χ0) is 13.9. The van der Waals surface area contributed by atoms with Gasteiger partial charge >= 0.3 is 0 Å². The van der Waals surface area contributed by atoms with Gasteiger partial charge in [-0.2, -0.15) is 0 Å². The Hall–Kier alpha value is -2.10. The fraction of sp³-hybridized carbons (Fsp3) is 0.312. The Balaban J connectivity index is 1.71. The maximum absolute atomic E-state index is 12.9. The zero-order valence-corrected chi connectivity index (χ0v) is 11.1. The van der Waals surface area contributed by atoms with E-state index < -0.39 is 0 Å². The number of hydrogen-bond acceptors (Lipinski definition) is 2. The van der Waals surface area contributed by atoms with Gasteiger partial charge in [-0.05, 0) is 42.7 Å². The van der Waals surface area contributed by atoms with Crippen LogP contribution >= 0.6 is 0 Å². The molecule has 3 nitrogen and oxygen atoms in total. The number of furan rings is 1. The first-order chi connectivity index (χ1) is 9.74. The lowest BCUT2D eigenvalue weighted by molar-refractivity contribution is -0.131. The number of nitrogens with zero attached hydrogens (tertiary/aromatic N) is 1. The van der Waals surface area contributed by atoms with Gasteiger partial charge in [-0.25, -0.2) is 4.39 Å². The third-order valence-electron chi connectivity index (χ3n) is 3.71. The van der Waals surface area contributed by atoms with E-state index in [1.165, 1.54) is 12.1 Å². The first kappa shape index (κ1) is 12.9. The number of carbonyl (C=O) groups excluding carboxylic acids is 1. The molecule has 20 heavy (non-hydrogen) atoms. The standard InChI is InChI=1S/C16H16FNO2/c17-13-7-5-12(6-8-13)11-16(19)18-9-1-3-14(18)15-4-2-10-20-15/h2,4-8,10,14H,1,3,9,11H2/t14-/m1/s1. The van der Waals surface area contributed by atoms with Crippen LogP contribution in [0.3, 0.4) is 0 Å². The average Bonchev–Trinajstić information content (AvgIpc) is 3.11. The highest BCUT2D eigenvalue weighted by Gasteiger charge is 2.31. The van der Waals surface area contributed by atoms with Crippen molar-refractivity contribution in [1.29, 1.82) is 0 Å². The Morgan fingerprint density at radius 1 is 1.30 bits per heavy atom. The van der Waals surface area contributed by atoms with Gasteiger partial charge in [0, 0.05) is 6.54 Å². The molecule has 1 aliphatic heterocycles. The van der Waals surface area contributed by atoms with E-state index in [9.17, 15) is 9.18 Å². The lowest BCUT2D eigenvalue weighted by atomic mass is 10.1. The Kier molecular flexibility index (Phi) is 3.54. The molecule has 4 heteroatoms. The van der Waals surface area contributed by atoms with Crippen molar-refractivity contribution in [3.8, 4) is 0 Å². The predicted molar refractivity (Wildman–Crippen MR) is 72.5 cm³/mol. The molecule has 0 bridgehead atoms. The van der Waals surface area contributed by atoms with Crippen LogP contribution in [0.5, 0.6) is 0 Å². The van der Waals surface area contributed by atoms with Crippen LogP contribution in [0.1, 0.15) is 30.2 Å². The second-order valence-electron chi connectivity index (χ2n) is 5.06. The summed E-state index contributed by atoms with van der Waals surface area (Å²) < 4.78 is 18.3. The number of halogens is 1. The van der Waals surface area contributed by atoms with Crippen molar-refractivity contribution in [2.45, 2.75) is 25.3 Å². The number of amides is 1. The molecule has 2 aromatic rings. The predicted octanol–water partition coefficient (Wildman–Crippen LogP) is 3.32. The highest BCUT2D eigenvalue weighted by atomic mass is 19.1. The highest BCUT2D eigenvalue weighted by molar-refractivity contribution is 5.79. The van der Waals surface area contributed by atoms with Crippen molar-refractivity contribution in [1.82, 2.24) is 4.90 Å². The minimum absolute atomic E-state index is 0.0398. The summed E-state index contributed by atoms with van der Waals surface area (Å²) in [7, 11) is 0. The molecule has 3 rings (SSSR count). The summed E-state index contributed by atoms with van der Waals surface area (Å²) in [6.45, 7) is 0.755. The molecule has 2 heterocycles. The summed E-state index contributed by atoms with van der Waals surface area (Å²) in [6.07, 6.45) is 3.86. The number of hydrogen-bond donors (Lipinski definition) is 0. The summed E-state index contributed by atoms with van der Waals surface area (Å²) in [5, 5.41) is 0. The third kappa shape index (κ3) is 2.59. The van der Waals surface area contributed by atoms with E-state index in [2.05, 4.69) is 0 Å². The maximum Gasteiger partial charge on any atom is 0.227 e. The minimum atomic E-state index is -0.282. The third-order valence-corrected chi connectivity index (χ3v) is 3.71. The number of likely N-dealkylation sites (tertiary alicyclic amines) is 1. The Bertz CT molecular complexity index is 577. The van der Waals surface area contributed by atoms with Gasteiger partial charge in [-0.3, -0.25) is 4.79 Å². The van der Waals surface area contributed by atoms with E-state index in [4.69, 9.17) is 4.42 Å². The van der Waals surface area contributed by atoms with Crippen LogP contribution in [0.4, 0.5) is 4.39 Å². The molecule has 1 atom stereocenters. The van der Waals surface area contributed by atoms with Gasteiger partial charge in [0.05, 0.1) is 18.7 Å². The molecular weight excluding hydrogens is 257 g/mol. The van der Waals surface area contributed by atoms with Gasteiger partial charge < -0.3 is 9.32 Å². The van der Waals surface area contributed by atoms with E-state index in [-0.39, 0.29) is 17.8 Å². The lowest BCUT2D eigenvalue weighted by Crippen LogP contribution is -2.31. The smallest absolute Gasteiger partial charge is 0.227 e. The van der Waals surface area contributed by atoms with Crippen molar-refractivity contribution in [3.63, 3.8) is 0 Å². The number of rotatable bonds is 3. The van der Waals surface area contributed by atoms with E-state index in [1.54, 1.807) is 18.4 Å². The van der Waals surface area contributed by atoms with Crippen LogP contribution < -0.4 is 0 Å². The first-order valence-electron chi connectivity index (χ1n) is 6.81. The molecule has 1 amide bonds. The van der Waals surface area contributed by atoms with Crippen molar-refractivity contribution in [3.05, 3.63) is 59.8 Å². The molecule has 1 saturated heterocycles. The minimum Gasteiger partial charge on any atom is -0.467 e. The molecule has 1 fully saturated rings. The maximum atomic E-state index is 12.9. The summed E-state index contributed by atoms with van der Waals surface area (Å²) in [5.74, 6) is 0.626. The molecule has 0 radical (unpaired) electrons. The van der Waals surface area contributed by atoms with Crippen LogP contribution in [0.2, 0.25) is 0 Å². The van der Waals surface area contributed by atoms with Gasteiger partial charge in [0.25, 0.3) is 0 Å². The SMILES string of the molecule is O=C(Cc1ccc(F)cc1)N1CCC[C@@H]1c1ccco1. The summed E-state index contributed by atoms with van der Waals surface area (Å²) in [6, 6.07) is 9.88. The van der Waals surface area contributed by atoms with E-state index in [1.807, 2.05) is 17.0 Å². The van der Waals surface area contributed by atoms with Crippen molar-refractivity contribution in [2.75, 3.05) is 6.54 Å². The lowest BCUT2D eigenvalue weighted by Gasteiger charge is -2.23. The fourth-order valence-corrected chi connectivity index (χ4v) is 2.72. The molecule has 0 N–H and O–H groups in total. The fourth-order valence-electron chi connectivity index (χ4n) is 2.72. The summed E-state index contributed by atoms with van der Waals surface area (Å²) in [5.41, 5.74) is 0.835. The molecule has 104 valence electrons. The second kappa shape index (κ2) is 5.49. The van der Waals surface area contributed by atoms with Crippen LogP contribution in [-0.4, -0.2) is 17.4 Å². The number of benzene rings is 1. The molecule has 1 aromatic heterocycles. The molecule has 1 aromatic carbocycles. The molecule has 0 aliphatic carbocycles. The Morgan fingerprint density at radius 2 is 2.10 bits per heavy atom. The Labute approximate surface area is 117 Å². The topological polar surface area (TPSA) is 33.5 Å². The molecule has 0 unspecified atom stereocenters. The monoisotopic (exact) mass is 273 g/mol. The normalized spacial score (nSPS) is 18.4. The van der Waals surface area contributed by atoms with Crippen LogP contribution in [0, 0.1) is 5.82 Å². The van der Waals surface area contributed by atoms with Gasteiger partial charge in [-0.15, -0.1) is 0 Å². The van der Waals surface area contributed by atoms with Crippen LogP contribution in [0.15, 0.2) is 47.1 Å². The summed E-state index contributed by atoms with van der Waals surface area (Å²) in [4.78, 5) is 14.3. The van der Waals surface area contributed by atoms with E-state index in [0.29, 0.717) is 6.42 Å². The first-order valence-corrected chi connectivity index (χ1v) is 6.81. The molecule has 0 saturated carbocycles. The van der Waals surface area contributed by atoms with Gasteiger partial charge in [-0.1, -0.05) is 12.1 Å². The largest absolute Gasteiger partial charge is 0.467 e. The van der Waals surface area contributed by atoms with Crippen molar-refractivity contribution in [2.24, 2.45) is 0 Å². The highest BCUT2D eigenvalue weighted by Crippen LogP contribution is 2.32. The van der Waals surface area contributed by atoms with E-state index in [0.717, 1.165) is 30.7 Å². The second-order valence-corrected chi connectivity index (χ2v) is 5.06. The molecule has 1 aliphatic rings. The van der Waals surface area contributed by atoms with Crippen LogP contribution in [-0.2, 0) is 11.2 Å². The Morgan fingerprint density at radius 3 is 2.80 bits per heavy atom. The average molecular weight is 273 g/mol. The summed E-state index contributed by atoms with van der Waals surface area (Å²) >= 11 is 0. The van der Waals surface area contributed by atoms with Crippen molar-refractivity contribution >= 4 is 5.91 Å². The molecular formula is C16H16FNO2. The quantitative estimate of drug-likeness (QED) is 0.859. The van der Waals surface area contributed by atoms with Gasteiger partial charge in [0.2, 0.25) is 5.91 Å². The van der Waals surface area contributed by atoms with Crippen LogP contribution in [0.25, 0.3) is 0 Å². The zero-order valence-electron chi connectivity index (χ0n) is 11.1. The van der Waals surface area contributed by atoms with E-state index >= 15 is 0 Å². The van der Waals surface area contributed by atoms with Gasteiger partial charge in [0.15, 0.2) is 0 Å². The number of carbonyl (C=O) groups is 1. The van der Waals surface area contributed by atoms with Gasteiger partial charge in [0.1, 0.15) is 11.6 Å². The molecule has 0 spiro atoms. The van der Waals surface area contributed by atoms with Crippen molar-refractivity contribution < 1.29 is 13.6 Å².